The Bertz CT molecular complexity index is 901. The SMILES string of the molecule is CCCNC(=O)[C@@H](C)N(Cc1ccc(Br)cc1)C(=O)CCc1ccc2c(c1)OCCO2. The van der Waals surface area contributed by atoms with Gasteiger partial charge in [0.1, 0.15) is 19.3 Å². The van der Waals surface area contributed by atoms with Gasteiger partial charge in [-0.2, -0.15) is 0 Å². The van der Waals surface area contributed by atoms with E-state index in [-0.39, 0.29) is 11.8 Å². The molecule has 2 aromatic carbocycles. The van der Waals surface area contributed by atoms with Gasteiger partial charge >= 0.3 is 0 Å². The van der Waals surface area contributed by atoms with Crippen LogP contribution in [0.25, 0.3) is 0 Å². The minimum absolute atomic E-state index is 0.0584. The lowest BCUT2D eigenvalue weighted by molar-refractivity contribution is -0.140. The van der Waals surface area contributed by atoms with E-state index >= 15 is 0 Å². The smallest absolute Gasteiger partial charge is 0.242 e. The second kappa shape index (κ2) is 11.2. The number of ether oxygens (including phenoxy) is 2. The van der Waals surface area contributed by atoms with Crippen molar-refractivity contribution in [2.75, 3.05) is 19.8 Å². The second-order valence-electron chi connectivity index (χ2n) is 7.59. The summed E-state index contributed by atoms with van der Waals surface area (Å²) in [6.45, 7) is 5.85. The molecule has 1 aliphatic heterocycles. The number of carbonyl (C=O) groups excluding carboxylic acids is 2. The maximum Gasteiger partial charge on any atom is 0.242 e. The van der Waals surface area contributed by atoms with Gasteiger partial charge in [0.2, 0.25) is 11.8 Å². The Morgan fingerprint density at radius 3 is 2.45 bits per heavy atom. The molecule has 2 aromatic rings. The lowest BCUT2D eigenvalue weighted by Crippen LogP contribution is -2.47. The van der Waals surface area contributed by atoms with Crippen LogP contribution in [-0.2, 0) is 22.6 Å². The standard InChI is InChI=1S/C24H29BrN2O4/c1-3-12-26-24(29)17(2)27(16-19-4-8-20(25)9-5-19)23(28)11-7-18-6-10-21-22(15-18)31-14-13-30-21/h4-6,8-10,15,17H,3,7,11-14,16H2,1-2H3,(H,26,29)/t17-/m1/s1. The van der Waals surface area contributed by atoms with Crippen molar-refractivity contribution in [2.24, 2.45) is 0 Å². The van der Waals surface area contributed by atoms with Gasteiger partial charge in [0.05, 0.1) is 0 Å². The zero-order chi connectivity index (χ0) is 22.2. The summed E-state index contributed by atoms with van der Waals surface area (Å²) in [6.07, 6.45) is 1.72. The van der Waals surface area contributed by atoms with E-state index in [1.165, 1.54) is 0 Å². The van der Waals surface area contributed by atoms with Gasteiger partial charge in [0.15, 0.2) is 11.5 Å². The molecule has 0 radical (unpaired) electrons. The quantitative estimate of drug-likeness (QED) is 0.576. The predicted molar refractivity (Wildman–Crippen MR) is 123 cm³/mol. The number of halogens is 1. The Balaban J connectivity index is 1.69. The van der Waals surface area contributed by atoms with Crippen LogP contribution in [0.15, 0.2) is 46.9 Å². The summed E-state index contributed by atoms with van der Waals surface area (Å²) in [5.74, 6) is 1.26. The minimum Gasteiger partial charge on any atom is -0.486 e. The summed E-state index contributed by atoms with van der Waals surface area (Å²) in [5, 5.41) is 2.90. The fourth-order valence-electron chi connectivity index (χ4n) is 3.40. The summed E-state index contributed by atoms with van der Waals surface area (Å²) in [6, 6.07) is 13.0. The van der Waals surface area contributed by atoms with Crippen molar-refractivity contribution in [1.29, 1.82) is 0 Å². The molecule has 0 aliphatic carbocycles. The van der Waals surface area contributed by atoms with Crippen LogP contribution >= 0.6 is 15.9 Å². The highest BCUT2D eigenvalue weighted by molar-refractivity contribution is 9.10. The van der Waals surface area contributed by atoms with E-state index in [2.05, 4.69) is 21.2 Å². The maximum atomic E-state index is 13.2. The van der Waals surface area contributed by atoms with Crippen molar-refractivity contribution in [3.05, 3.63) is 58.1 Å². The van der Waals surface area contributed by atoms with Gasteiger partial charge in [-0.3, -0.25) is 9.59 Å². The molecule has 6 nitrogen and oxygen atoms in total. The summed E-state index contributed by atoms with van der Waals surface area (Å²) in [5.41, 5.74) is 1.98. The maximum absolute atomic E-state index is 13.2. The number of rotatable bonds is 9. The van der Waals surface area contributed by atoms with Crippen LogP contribution in [0, 0.1) is 0 Å². The minimum atomic E-state index is -0.553. The first-order valence-corrected chi connectivity index (χ1v) is 11.5. The molecule has 7 heteroatoms. The normalized spacial score (nSPS) is 13.4. The molecule has 1 aliphatic rings. The van der Waals surface area contributed by atoms with Crippen LogP contribution in [0.1, 0.15) is 37.8 Å². The number of hydrogen-bond acceptors (Lipinski definition) is 4. The van der Waals surface area contributed by atoms with Gasteiger partial charge in [-0.1, -0.05) is 41.1 Å². The fourth-order valence-corrected chi connectivity index (χ4v) is 3.67. The molecule has 0 bridgehead atoms. The number of nitrogens with one attached hydrogen (secondary N) is 1. The van der Waals surface area contributed by atoms with Crippen molar-refractivity contribution in [1.82, 2.24) is 10.2 Å². The zero-order valence-corrected chi connectivity index (χ0v) is 19.6. The number of amides is 2. The van der Waals surface area contributed by atoms with Gasteiger partial charge < -0.3 is 19.7 Å². The molecule has 1 atom stereocenters. The third-order valence-electron chi connectivity index (χ3n) is 5.22. The van der Waals surface area contributed by atoms with Crippen LogP contribution in [-0.4, -0.2) is 42.5 Å². The highest BCUT2D eigenvalue weighted by atomic mass is 79.9. The predicted octanol–water partition coefficient (Wildman–Crippen LogP) is 4.10. The van der Waals surface area contributed by atoms with Gasteiger partial charge in [0, 0.05) is 24.0 Å². The summed E-state index contributed by atoms with van der Waals surface area (Å²) >= 11 is 3.43. The van der Waals surface area contributed by atoms with Gasteiger partial charge in [-0.05, 0) is 55.2 Å². The van der Waals surface area contributed by atoms with E-state index in [4.69, 9.17) is 9.47 Å². The van der Waals surface area contributed by atoms with Gasteiger partial charge in [-0.25, -0.2) is 0 Å². The molecule has 0 spiro atoms. The van der Waals surface area contributed by atoms with E-state index in [9.17, 15) is 9.59 Å². The molecule has 166 valence electrons. The first kappa shape index (κ1) is 23.1. The van der Waals surface area contributed by atoms with Crippen LogP contribution in [0.3, 0.4) is 0 Å². The van der Waals surface area contributed by atoms with Crippen molar-refractivity contribution in [3.63, 3.8) is 0 Å². The average molecular weight is 489 g/mol. The monoisotopic (exact) mass is 488 g/mol. The number of benzene rings is 2. The Morgan fingerprint density at radius 2 is 1.74 bits per heavy atom. The van der Waals surface area contributed by atoms with Crippen LogP contribution in [0.2, 0.25) is 0 Å². The lowest BCUT2D eigenvalue weighted by atomic mass is 10.1. The van der Waals surface area contributed by atoms with Crippen molar-refractivity contribution in [3.8, 4) is 11.5 Å². The van der Waals surface area contributed by atoms with Gasteiger partial charge in [-0.15, -0.1) is 0 Å². The Kier molecular flexibility index (Phi) is 8.35. The third kappa shape index (κ3) is 6.47. The molecule has 0 saturated heterocycles. The summed E-state index contributed by atoms with van der Waals surface area (Å²) < 4.78 is 12.2. The highest BCUT2D eigenvalue weighted by Gasteiger charge is 2.26. The van der Waals surface area contributed by atoms with Crippen LogP contribution in [0.4, 0.5) is 0 Å². The molecule has 3 rings (SSSR count). The number of hydrogen-bond donors (Lipinski definition) is 1. The molecule has 0 saturated carbocycles. The average Bonchev–Trinajstić information content (AvgIpc) is 2.80. The Hall–Kier alpha value is -2.54. The molecule has 1 N–H and O–H groups in total. The van der Waals surface area contributed by atoms with E-state index in [0.717, 1.165) is 33.5 Å². The fraction of sp³-hybridized carbons (Fsp3) is 0.417. The Morgan fingerprint density at radius 1 is 1.06 bits per heavy atom. The molecular weight excluding hydrogens is 460 g/mol. The van der Waals surface area contributed by atoms with Crippen LogP contribution in [0.5, 0.6) is 11.5 Å². The number of nitrogens with zero attached hydrogens (tertiary/aromatic N) is 1. The van der Waals surface area contributed by atoms with E-state index in [1.807, 2.05) is 49.4 Å². The first-order chi connectivity index (χ1) is 15.0. The second-order valence-corrected chi connectivity index (χ2v) is 8.51. The molecule has 1 heterocycles. The molecule has 0 fully saturated rings. The molecule has 0 aromatic heterocycles. The first-order valence-electron chi connectivity index (χ1n) is 10.7. The third-order valence-corrected chi connectivity index (χ3v) is 5.75. The summed E-state index contributed by atoms with van der Waals surface area (Å²) in [7, 11) is 0. The Labute approximate surface area is 192 Å². The van der Waals surface area contributed by atoms with Crippen LogP contribution < -0.4 is 14.8 Å². The largest absolute Gasteiger partial charge is 0.486 e. The highest BCUT2D eigenvalue weighted by Crippen LogP contribution is 2.31. The van der Waals surface area contributed by atoms with Crippen molar-refractivity contribution in [2.45, 2.75) is 45.7 Å². The number of carbonyl (C=O) groups is 2. The number of fused-ring (bicyclic) bond motifs is 1. The van der Waals surface area contributed by atoms with E-state index in [0.29, 0.717) is 39.1 Å². The molecule has 0 unspecified atom stereocenters. The zero-order valence-electron chi connectivity index (χ0n) is 18.0. The molecular formula is C24H29BrN2O4. The molecule has 31 heavy (non-hydrogen) atoms. The van der Waals surface area contributed by atoms with E-state index in [1.54, 1.807) is 11.8 Å². The molecule has 2 amide bonds. The lowest BCUT2D eigenvalue weighted by Gasteiger charge is -2.29. The topological polar surface area (TPSA) is 67.9 Å². The van der Waals surface area contributed by atoms with E-state index < -0.39 is 6.04 Å². The summed E-state index contributed by atoms with van der Waals surface area (Å²) in [4.78, 5) is 27.4. The van der Waals surface area contributed by atoms with Crippen molar-refractivity contribution >= 4 is 27.7 Å². The van der Waals surface area contributed by atoms with Crippen molar-refractivity contribution < 1.29 is 19.1 Å². The van der Waals surface area contributed by atoms with Gasteiger partial charge in [0.25, 0.3) is 0 Å². The number of aryl methyl sites for hydroxylation is 1.